The van der Waals surface area contributed by atoms with E-state index in [0.29, 0.717) is 31.6 Å². The van der Waals surface area contributed by atoms with Crippen molar-refractivity contribution in [2.24, 2.45) is 0 Å². The molecular formula is C35H41N5O6S. The van der Waals surface area contributed by atoms with Crippen LogP contribution >= 0.6 is 11.8 Å². The molecular weight excluding hydrogens is 618 g/mol. The van der Waals surface area contributed by atoms with Crippen molar-refractivity contribution in [3.8, 4) is 11.1 Å². The normalized spacial score (nSPS) is 17.7. The minimum atomic E-state index is -0.583. The molecule has 5 rings (SSSR count). The van der Waals surface area contributed by atoms with Gasteiger partial charge in [0, 0.05) is 37.1 Å². The number of benzene rings is 3. The summed E-state index contributed by atoms with van der Waals surface area (Å²) in [5, 5.41) is 28.6. The highest BCUT2D eigenvalue weighted by Crippen LogP contribution is 2.40. The number of thioether (sulfide) groups is 1. The van der Waals surface area contributed by atoms with Crippen molar-refractivity contribution in [3.63, 3.8) is 0 Å². The molecule has 4 aromatic rings. The first kappa shape index (κ1) is 34.3. The summed E-state index contributed by atoms with van der Waals surface area (Å²) >= 11 is 1.56. The summed E-state index contributed by atoms with van der Waals surface area (Å²) in [5.41, 5.74) is 7.46. The smallest absolute Gasteiger partial charge is 0.243 e. The van der Waals surface area contributed by atoms with Crippen molar-refractivity contribution in [1.29, 1.82) is 0 Å². The van der Waals surface area contributed by atoms with Crippen LogP contribution in [-0.4, -0.2) is 49.2 Å². The lowest BCUT2D eigenvalue weighted by molar-refractivity contribution is -0.245. The van der Waals surface area contributed by atoms with E-state index < -0.39 is 6.29 Å². The highest BCUT2D eigenvalue weighted by molar-refractivity contribution is 7.99. The van der Waals surface area contributed by atoms with Gasteiger partial charge < -0.3 is 19.9 Å². The van der Waals surface area contributed by atoms with Crippen molar-refractivity contribution in [3.05, 3.63) is 101 Å². The second-order valence-electron chi connectivity index (χ2n) is 11.5. The van der Waals surface area contributed by atoms with Crippen molar-refractivity contribution in [2.45, 2.75) is 81.8 Å². The number of ether oxygens (including phenoxy) is 2. The van der Waals surface area contributed by atoms with Gasteiger partial charge in [-0.1, -0.05) is 85.3 Å². The molecule has 1 aliphatic rings. The Kier molecular flexibility index (Phi) is 12.9. The van der Waals surface area contributed by atoms with E-state index in [1.54, 1.807) is 17.2 Å². The SMILES string of the molecule is O=C(CCCCCCC(=O)NCc1cccc(-c2cccc([C@@H]3O[C@H](CSc4ncn[nH]4)C[C@H](c4ccc(CO)cc4)O3)c2)c1)NO. The van der Waals surface area contributed by atoms with Crippen LogP contribution in [0.1, 0.15) is 79.6 Å². The first-order chi connectivity index (χ1) is 23.0. The van der Waals surface area contributed by atoms with Gasteiger partial charge in [-0.3, -0.25) is 19.9 Å². The van der Waals surface area contributed by atoms with Crippen LogP contribution in [0.2, 0.25) is 0 Å². The van der Waals surface area contributed by atoms with Crippen molar-refractivity contribution < 1.29 is 29.4 Å². The van der Waals surface area contributed by atoms with E-state index in [9.17, 15) is 14.7 Å². The van der Waals surface area contributed by atoms with E-state index in [4.69, 9.17) is 14.7 Å². The van der Waals surface area contributed by atoms with E-state index in [2.05, 4.69) is 38.7 Å². The quantitative estimate of drug-likeness (QED) is 0.0436. The number of hydrogen-bond acceptors (Lipinski definition) is 9. The summed E-state index contributed by atoms with van der Waals surface area (Å²) < 4.78 is 13.0. The minimum Gasteiger partial charge on any atom is -0.392 e. The first-order valence-electron chi connectivity index (χ1n) is 15.9. The number of H-pyrrole nitrogens is 1. The Morgan fingerprint density at radius 2 is 1.62 bits per heavy atom. The van der Waals surface area contributed by atoms with Gasteiger partial charge >= 0.3 is 0 Å². The van der Waals surface area contributed by atoms with Crippen molar-refractivity contribution in [1.82, 2.24) is 26.0 Å². The van der Waals surface area contributed by atoms with Gasteiger partial charge in [0.05, 0.1) is 18.8 Å². The van der Waals surface area contributed by atoms with Gasteiger partial charge in [0.25, 0.3) is 0 Å². The molecule has 0 aliphatic carbocycles. The van der Waals surface area contributed by atoms with Crippen LogP contribution < -0.4 is 10.8 Å². The summed E-state index contributed by atoms with van der Waals surface area (Å²) in [7, 11) is 0. The average Bonchev–Trinajstić information content (AvgIpc) is 3.65. The molecule has 1 fully saturated rings. The zero-order valence-corrected chi connectivity index (χ0v) is 27.0. The van der Waals surface area contributed by atoms with Crippen LogP contribution in [0.3, 0.4) is 0 Å². The fourth-order valence-corrected chi connectivity index (χ4v) is 6.25. The number of unbranched alkanes of at least 4 members (excludes halogenated alkanes) is 3. The predicted octanol–water partition coefficient (Wildman–Crippen LogP) is 5.76. The Morgan fingerprint density at radius 1 is 0.872 bits per heavy atom. The average molecular weight is 660 g/mol. The molecule has 5 N–H and O–H groups in total. The lowest BCUT2D eigenvalue weighted by Gasteiger charge is -2.36. The molecule has 0 radical (unpaired) electrons. The monoisotopic (exact) mass is 659 g/mol. The summed E-state index contributed by atoms with van der Waals surface area (Å²) in [6.45, 7) is 0.421. The van der Waals surface area contributed by atoms with Crippen LogP contribution in [0.5, 0.6) is 0 Å². The van der Waals surface area contributed by atoms with Gasteiger partial charge in [0.2, 0.25) is 11.8 Å². The van der Waals surface area contributed by atoms with Crippen molar-refractivity contribution >= 4 is 23.6 Å². The summed E-state index contributed by atoms with van der Waals surface area (Å²) in [6, 6.07) is 24.1. The molecule has 0 bridgehead atoms. The molecule has 11 nitrogen and oxygen atoms in total. The Morgan fingerprint density at radius 3 is 2.34 bits per heavy atom. The molecule has 3 aromatic carbocycles. The molecule has 0 spiro atoms. The molecule has 2 amide bonds. The Bertz CT molecular complexity index is 1570. The number of hydroxylamine groups is 1. The van der Waals surface area contributed by atoms with Crippen LogP contribution in [0.4, 0.5) is 0 Å². The number of nitrogens with zero attached hydrogens (tertiary/aromatic N) is 2. The fraction of sp³-hybridized carbons (Fsp3) is 0.371. The maximum atomic E-state index is 12.4. The molecule has 1 aliphatic heterocycles. The van der Waals surface area contributed by atoms with Crippen LogP contribution in [0, 0.1) is 0 Å². The standard InChI is InChI=1S/C35H41N5O6S/c41-21-24-13-15-26(16-14-24)31-19-30(22-47-35-37-23-38-39-35)45-34(46-31)29-10-6-9-28(18-29)27-8-5-7-25(17-27)20-36-32(42)11-3-1-2-4-12-33(43)40-44/h5-10,13-18,23,30-31,34,41,44H,1-4,11-12,19-22H2,(H,36,42)(H,40,43)(H,37,38,39)/t30-,31+,34+/m0/s1. The van der Waals surface area contributed by atoms with Gasteiger partial charge in [0.15, 0.2) is 11.4 Å². The molecule has 0 unspecified atom stereocenters. The Labute approximate surface area is 278 Å². The zero-order valence-electron chi connectivity index (χ0n) is 26.1. The van der Waals surface area contributed by atoms with Gasteiger partial charge in [-0.05, 0) is 52.8 Å². The third kappa shape index (κ3) is 10.5. The van der Waals surface area contributed by atoms with Crippen LogP contribution in [0.15, 0.2) is 84.3 Å². The highest BCUT2D eigenvalue weighted by Gasteiger charge is 2.32. The number of hydrogen-bond donors (Lipinski definition) is 5. The number of carbonyl (C=O) groups excluding carboxylic acids is 2. The molecule has 47 heavy (non-hydrogen) atoms. The van der Waals surface area contributed by atoms with E-state index in [1.807, 2.05) is 54.6 Å². The van der Waals surface area contributed by atoms with E-state index >= 15 is 0 Å². The number of aliphatic hydroxyl groups excluding tert-OH is 1. The maximum Gasteiger partial charge on any atom is 0.243 e. The van der Waals surface area contributed by atoms with Gasteiger partial charge in [-0.15, -0.1) is 0 Å². The summed E-state index contributed by atoms with van der Waals surface area (Å²) in [4.78, 5) is 27.7. The lowest BCUT2D eigenvalue weighted by atomic mass is 9.99. The van der Waals surface area contributed by atoms with Crippen LogP contribution in [0.25, 0.3) is 11.1 Å². The van der Waals surface area contributed by atoms with E-state index in [0.717, 1.165) is 57.8 Å². The number of aromatic amines is 1. The lowest BCUT2D eigenvalue weighted by Crippen LogP contribution is -2.31. The maximum absolute atomic E-state index is 12.4. The number of rotatable bonds is 16. The molecule has 0 saturated carbocycles. The van der Waals surface area contributed by atoms with Crippen molar-refractivity contribution in [2.75, 3.05) is 5.75 Å². The fourth-order valence-electron chi connectivity index (χ4n) is 5.45. The summed E-state index contributed by atoms with van der Waals surface area (Å²) in [6.07, 6.45) is 5.12. The summed E-state index contributed by atoms with van der Waals surface area (Å²) in [5.74, 6) is 0.288. The number of aliphatic hydroxyl groups is 1. The number of nitrogens with one attached hydrogen (secondary N) is 3. The molecule has 1 aromatic heterocycles. The third-order valence-corrected chi connectivity index (χ3v) is 9.01. The molecule has 2 heterocycles. The van der Waals surface area contributed by atoms with Crippen LogP contribution in [-0.2, 0) is 32.2 Å². The zero-order chi connectivity index (χ0) is 32.8. The Balaban J connectivity index is 1.21. The molecule has 1 saturated heterocycles. The molecule has 3 atom stereocenters. The third-order valence-electron chi connectivity index (χ3n) is 8.00. The first-order valence-corrected chi connectivity index (χ1v) is 16.9. The number of carbonyl (C=O) groups is 2. The van der Waals surface area contributed by atoms with Gasteiger partial charge in [-0.2, -0.15) is 5.10 Å². The van der Waals surface area contributed by atoms with E-state index in [-0.39, 0.29) is 37.0 Å². The largest absolute Gasteiger partial charge is 0.392 e. The number of aromatic nitrogens is 3. The Hall–Kier alpha value is -4.07. The van der Waals surface area contributed by atoms with Gasteiger partial charge in [-0.25, -0.2) is 10.5 Å². The molecule has 248 valence electrons. The molecule has 12 heteroatoms. The topological polar surface area (TPSA) is 159 Å². The minimum absolute atomic E-state index is 0.00585. The van der Waals surface area contributed by atoms with Gasteiger partial charge in [0.1, 0.15) is 6.33 Å². The highest BCUT2D eigenvalue weighted by atomic mass is 32.2. The second kappa shape index (κ2) is 17.7. The van der Waals surface area contributed by atoms with E-state index in [1.165, 1.54) is 6.33 Å². The number of amides is 2. The predicted molar refractivity (Wildman–Crippen MR) is 177 cm³/mol. The second-order valence-corrected chi connectivity index (χ2v) is 12.5.